The number of rotatable bonds is 2. The van der Waals surface area contributed by atoms with Crippen molar-refractivity contribution < 1.29 is 8.42 Å². The molecular weight excluding hydrogens is 258 g/mol. The van der Waals surface area contributed by atoms with Gasteiger partial charge in [-0.3, -0.25) is 4.31 Å². The van der Waals surface area contributed by atoms with E-state index in [-0.39, 0.29) is 5.92 Å². The third kappa shape index (κ3) is 1.92. The van der Waals surface area contributed by atoms with E-state index in [9.17, 15) is 8.42 Å². The molecule has 98 valence electrons. The predicted octanol–water partition coefficient (Wildman–Crippen LogP) is 3.00. The highest BCUT2D eigenvalue weighted by molar-refractivity contribution is 7.92. The van der Waals surface area contributed by atoms with Crippen LogP contribution in [0.2, 0.25) is 0 Å². The first-order valence-electron chi connectivity index (χ1n) is 6.27. The first-order valence-corrected chi connectivity index (χ1v) is 7.71. The highest BCUT2D eigenvalue weighted by atomic mass is 32.2. The molecule has 0 radical (unpaired) electrons. The summed E-state index contributed by atoms with van der Waals surface area (Å²) in [6.07, 6.45) is 0. The number of hydrogen-bond acceptors (Lipinski definition) is 2. The lowest BCUT2D eigenvalue weighted by Gasteiger charge is -2.19. The topological polar surface area (TPSA) is 37.4 Å². The molecule has 0 aromatic heterocycles. The first kappa shape index (κ1) is 12.2. The summed E-state index contributed by atoms with van der Waals surface area (Å²) in [5.74, 6) is 0.231. The van der Waals surface area contributed by atoms with Crippen LogP contribution in [0.15, 0.2) is 59.5 Å². The van der Waals surface area contributed by atoms with E-state index in [0.717, 1.165) is 11.3 Å². The zero-order chi connectivity index (χ0) is 13.5. The van der Waals surface area contributed by atoms with Crippen molar-refractivity contribution >= 4 is 15.7 Å². The van der Waals surface area contributed by atoms with Crippen LogP contribution in [-0.4, -0.2) is 15.0 Å². The van der Waals surface area contributed by atoms with Crippen LogP contribution in [0.3, 0.4) is 0 Å². The SMILES string of the molecule is CC1CN(S(=O)(=O)c2ccccc2)c2ccccc21. The Kier molecular flexibility index (Phi) is 2.82. The van der Waals surface area contributed by atoms with E-state index in [1.165, 1.54) is 4.31 Å². The summed E-state index contributed by atoms with van der Waals surface area (Å²) in [5, 5.41) is 0. The van der Waals surface area contributed by atoms with Gasteiger partial charge in [0.2, 0.25) is 0 Å². The van der Waals surface area contributed by atoms with Gasteiger partial charge in [0.15, 0.2) is 0 Å². The Morgan fingerprint density at radius 2 is 1.63 bits per heavy atom. The molecule has 1 aliphatic heterocycles. The molecule has 0 aliphatic carbocycles. The van der Waals surface area contributed by atoms with Gasteiger partial charge in [-0.25, -0.2) is 8.42 Å². The molecule has 0 saturated carbocycles. The monoisotopic (exact) mass is 273 g/mol. The smallest absolute Gasteiger partial charge is 0.264 e. The minimum absolute atomic E-state index is 0.231. The van der Waals surface area contributed by atoms with Crippen LogP contribution in [0.1, 0.15) is 18.4 Å². The lowest BCUT2D eigenvalue weighted by molar-refractivity contribution is 0.590. The number of benzene rings is 2. The molecule has 2 aromatic rings. The van der Waals surface area contributed by atoms with Crippen molar-refractivity contribution in [3.05, 3.63) is 60.2 Å². The van der Waals surface area contributed by atoms with Crippen molar-refractivity contribution in [1.82, 2.24) is 0 Å². The minimum atomic E-state index is -3.45. The minimum Gasteiger partial charge on any atom is -0.265 e. The quantitative estimate of drug-likeness (QED) is 0.843. The van der Waals surface area contributed by atoms with Crippen LogP contribution >= 0.6 is 0 Å². The summed E-state index contributed by atoms with van der Waals surface area (Å²) < 4.78 is 26.9. The number of hydrogen-bond donors (Lipinski definition) is 0. The van der Waals surface area contributed by atoms with E-state index < -0.39 is 10.0 Å². The normalized spacial score (nSPS) is 18.4. The number of para-hydroxylation sites is 1. The molecule has 1 atom stereocenters. The van der Waals surface area contributed by atoms with E-state index in [2.05, 4.69) is 6.92 Å². The van der Waals surface area contributed by atoms with E-state index in [0.29, 0.717) is 11.4 Å². The number of anilines is 1. The summed E-state index contributed by atoms with van der Waals surface area (Å²) in [7, 11) is -3.45. The van der Waals surface area contributed by atoms with Gasteiger partial charge in [-0.2, -0.15) is 0 Å². The molecule has 0 fully saturated rings. The van der Waals surface area contributed by atoms with Gasteiger partial charge in [0.05, 0.1) is 10.6 Å². The summed E-state index contributed by atoms with van der Waals surface area (Å²) in [6.45, 7) is 2.57. The maximum absolute atomic E-state index is 12.7. The number of sulfonamides is 1. The fourth-order valence-electron chi connectivity index (χ4n) is 2.52. The van der Waals surface area contributed by atoms with Crippen LogP contribution in [0.4, 0.5) is 5.69 Å². The van der Waals surface area contributed by atoms with Gasteiger partial charge in [0.1, 0.15) is 0 Å². The second kappa shape index (κ2) is 4.38. The van der Waals surface area contributed by atoms with Crippen LogP contribution in [0.25, 0.3) is 0 Å². The largest absolute Gasteiger partial charge is 0.265 e. The molecule has 4 heteroatoms. The molecule has 3 nitrogen and oxygen atoms in total. The Bertz CT molecular complexity index is 695. The Hall–Kier alpha value is -1.81. The van der Waals surface area contributed by atoms with Gasteiger partial charge in [-0.1, -0.05) is 43.3 Å². The Balaban J connectivity index is 2.10. The molecular formula is C15H15NO2S. The zero-order valence-corrected chi connectivity index (χ0v) is 11.5. The van der Waals surface area contributed by atoms with Gasteiger partial charge in [-0.15, -0.1) is 0 Å². The molecule has 1 aliphatic rings. The van der Waals surface area contributed by atoms with Gasteiger partial charge >= 0.3 is 0 Å². The maximum Gasteiger partial charge on any atom is 0.264 e. The fraction of sp³-hybridized carbons (Fsp3) is 0.200. The molecule has 3 rings (SSSR count). The van der Waals surface area contributed by atoms with Crippen LogP contribution in [0.5, 0.6) is 0 Å². The van der Waals surface area contributed by atoms with Crippen LogP contribution in [0, 0.1) is 0 Å². The molecule has 0 amide bonds. The Morgan fingerprint density at radius 1 is 1.00 bits per heavy atom. The molecule has 0 N–H and O–H groups in total. The van der Waals surface area contributed by atoms with E-state index in [1.807, 2.05) is 30.3 Å². The molecule has 2 aromatic carbocycles. The Morgan fingerprint density at radius 3 is 2.37 bits per heavy atom. The van der Waals surface area contributed by atoms with Gasteiger partial charge in [-0.05, 0) is 23.8 Å². The lowest BCUT2D eigenvalue weighted by atomic mass is 10.0. The zero-order valence-electron chi connectivity index (χ0n) is 10.7. The van der Waals surface area contributed by atoms with E-state index in [4.69, 9.17) is 0 Å². The maximum atomic E-state index is 12.7. The van der Waals surface area contributed by atoms with Gasteiger partial charge < -0.3 is 0 Å². The average Bonchev–Trinajstić information content (AvgIpc) is 2.79. The van der Waals surface area contributed by atoms with Crippen molar-refractivity contribution in [1.29, 1.82) is 0 Å². The van der Waals surface area contributed by atoms with Crippen molar-refractivity contribution in [2.75, 3.05) is 10.8 Å². The second-order valence-electron chi connectivity index (χ2n) is 4.81. The summed E-state index contributed by atoms with van der Waals surface area (Å²) in [4.78, 5) is 0.346. The number of nitrogens with zero attached hydrogens (tertiary/aromatic N) is 1. The van der Waals surface area contributed by atoms with Gasteiger partial charge in [0.25, 0.3) is 10.0 Å². The highest BCUT2D eigenvalue weighted by Crippen LogP contribution is 2.38. The highest BCUT2D eigenvalue weighted by Gasteiger charge is 2.34. The van der Waals surface area contributed by atoms with Gasteiger partial charge in [0, 0.05) is 12.5 Å². The summed E-state index contributed by atoms with van der Waals surface area (Å²) >= 11 is 0. The molecule has 19 heavy (non-hydrogen) atoms. The van der Waals surface area contributed by atoms with E-state index >= 15 is 0 Å². The van der Waals surface area contributed by atoms with Crippen molar-refractivity contribution in [2.24, 2.45) is 0 Å². The lowest BCUT2D eigenvalue weighted by Crippen LogP contribution is -2.29. The predicted molar refractivity (Wildman–Crippen MR) is 75.8 cm³/mol. The van der Waals surface area contributed by atoms with Crippen molar-refractivity contribution in [3.63, 3.8) is 0 Å². The van der Waals surface area contributed by atoms with Crippen LogP contribution in [-0.2, 0) is 10.0 Å². The third-order valence-corrected chi connectivity index (χ3v) is 5.30. The summed E-state index contributed by atoms with van der Waals surface area (Å²) in [5.41, 5.74) is 1.90. The summed E-state index contributed by atoms with van der Waals surface area (Å²) in [6, 6.07) is 16.3. The molecule has 0 saturated heterocycles. The van der Waals surface area contributed by atoms with E-state index in [1.54, 1.807) is 24.3 Å². The molecule has 0 bridgehead atoms. The Labute approximate surface area is 113 Å². The van der Waals surface area contributed by atoms with Crippen molar-refractivity contribution in [2.45, 2.75) is 17.7 Å². The van der Waals surface area contributed by atoms with Crippen LogP contribution < -0.4 is 4.31 Å². The second-order valence-corrected chi connectivity index (χ2v) is 6.67. The average molecular weight is 273 g/mol. The number of fused-ring (bicyclic) bond motifs is 1. The first-order chi connectivity index (χ1) is 9.10. The molecule has 1 heterocycles. The molecule has 0 spiro atoms. The molecule has 1 unspecified atom stereocenters. The van der Waals surface area contributed by atoms with Crippen molar-refractivity contribution in [3.8, 4) is 0 Å². The third-order valence-electron chi connectivity index (χ3n) is 3.51. The fourth-order valence-corrected chi connectivity index (χ4v) is 4.12. The standard InChI is InChI=1S/C15H15NO2S/c1-12-11-16(15-10-6-5-9-14(12)15)19(17,18)13-7-3-2-4-8-13/h2-10,12H,11H2,1H3.